The zero-order chi connectivity index (χ0) is 103. The lowest BCUT2D eigenvalue weighted by molar-refractivity contribution is -0.275. The maximum absolute atomic E-state index is 14.0. The molecule has 1 unspecified atom stereocenters. The molecule has 143 heavy (non-hydrogen) atoms. The highest BCUT2D eigenvalue weighted by molar-refractivity contribution is 7.10. The summed E-state index contributed by atoms with van der Waals surface area (Å²) in [5, 5.41) is 38.8. The number of likely N-dealkylation sites (N-methyl/N-ethyl adjacent to an activating group) is 2. The Balaban J connectivity index is 0.000000135. The Morgan fingerprint density at radius 2 is 0.804 bits per heavy atom. The summed E-state index contributed by atoms with van der Waals surface area (Å²) in [5.41, 5.74) is 34.0. The van der Waals surface area contributed by atoms with E-state index in [0.29, 0.717) is 67.5 Å². The summed E-state index contributed by atoms with van der Waals surface area (Å²) in [7, 11) is 4.60. The molecule has 1 saturated carbocycles. The fourth-order valence-corrected chi connectivity index (χ4v) is 20.0. The zero-order valence-electron chi connectivity index (χ0n) is 77.6. The van der Waals surface area contributed by atoms with Crippen molar-refractivity contribution in [1.82, 2.24) is 24.5 Å². The summed E-state index contributed by atoms with van der Waals surface area (Å²) in [5.74, 6) is -2.96. The second-order valence-electron chi connectivity index (χ2n) is 35.4. The molecule has 5 amide bonds. The van der Waals surface area contributed by atoms with Crippen molar-refractivity contribution >= 4 is 70.7 Å². The molecule has 19 rings (SSSR count). The number of hydrogen-bond donors (Lipinski definition) is 5. The van der Waals surface area contributed by atoms with Crippen LogP contribution in [0.3, 0.4) is 0 Å². The number of halogens is 9. The number of alkyl halides is 9. The predicted octanol–water partition coefficient (Wildman–Crippen LogP) is 17.9. The number of aliphatic imine (C=N–C) groups is 5. The van der Waals surface area contributed by atoms with E-state index in [-0.39, 0.29) is 59.7 Å². The highest BCUT2D eigenvalue weighted by atomic mass is 32.1. The molecule has 1 aromatic heterocycles. The van der Waals surface area contributed by atoms with Crippen LogP contribution in [-0.2, 0) is 77.0 Å². The van der Waals surface area contributed by atoms with Gasteiger partial charge in [0.05, 0.1) is 88.0 Å². The number of thiophene rings is 1. The van der Waals surface area contributed by atoms with Crippen LogP contribution >= 0.6 is 11.3 Å². The van der Waals surface area contributed by atoms with Gasteiger partial charge in [0.1, 0.15) is 22.4 Å². The number of ether oxygens (including phenoxy) is 1. The van der Waals surface area contributed by atoms with Crippen molar-refractivity contribution in [2.24, 2.45) is 65.5 Å². The number of benzene rings is 11. The van der Waals surface area contributed by atoms with Crippen molar-refractivity contribution in [2.45, 2.75) is 117 Å². The van der Waals surface area contributed by atoms with Gasteiger partial charge in [0.25, 0.3) is 11.8 Å². The van der Waals surface area contributed by atoms with Crippen molar-refractivity contribution in [3.63, 3.8) is 0 Å². The monoisotopic (exact) mass is 1950 g/mol. The molecule has 7 atom stereocenters. The van der Waals surface area contributed by atoms with Gasteiger partial charge in [-0.2, -0.15) is 47.4 Å². The minimum atomic E-state index is -4.86. The zero-order valence-corrected chi connectivity index (χ0v) is 78.4. The van der Waals surface area contributed by atoms with E-state index in [1.54, 1.807) is 147 Å². The van der Waals surface area contributed by atoms with Crippen molar-refractivity contribution in [3.05, 3.63) is 396 Å². The highest BCUT2D eigenvalue weighted by Gasteiger charge is 2.57. The van der Waals surface area contributed by atoms with Gasteiger partial charge in [-0.15, -0.1) is 24.5 Å². The fraction of sp³-hybridized carbons (Fsp3) is 0.222. The quantitative estimate of drug-likeness (QED) is 0.0595. The fourth-order valence-electron chi connectivity index (χ4n) is 18.9. The van der Waals surface area contributed by atoms with E-state index in [1.165, 1.54) is 98.6 Å². The number of hydrogen-bond acceptors (Lipinski definition) is 21. The number of nitrogens with zero attached hydrogens (tertiary/aromatic N) is 14. The van der Waals surface area contributed by atoms with Crippen molar-refractivity contribution < 1.29 is 68.2 Å². The Bertz CT molecular complexity index is 6960. The molecular formula is C108H92F9N19O6S. The minimum absolute atomic E-state index is 0.00183. The maximum Gasteiger partial charge on any atom is 0.573 e. The average molecular weight is 1960 g/mol. The standard InChI is InChI=1S/C24H21N3O.C23H18F3N3O2.C21H19N5OS.2C20H17F3N4O/c25-23-26-24(18-10-3-1-4-11-18,19-12-5-2-6-13-19)22(28)27(23)21-16-15-17-9-7-8-14-20(17)21;24-23(25,26)31-19-14-8-7-9-16(19)15-29-20(30)22(28-21(29)27,17-10-3-1-4-11-17)18-12-5-2-6-13-18;1-21(18(14-3-4-14)19(27)26(2)20(24)25-21)17-8-16(11-28-17)15-6-12(9-22)5-13(7-15)10-23;2*1-19(15-5-3-4-12(10-15)11-24)16(17(28)27(2)18(25)26-19)13-6-8-14(9-7-13)20(21,22)23/h1-14,21H,15-16H2,(H2,25,26);1-14H,15H2,(H2,27,28);5-8,11,14,18H,3-4H2,1-2H3,(H2,24,25);2*3-10,16H,1-2H3,(H2,25,26)/t;;18-,21-;16-,19+;16-,19-/m..101/s1. The molecule has 724 valence electrons. The van der Waals surface area contributed by atoms with Gasteiger partial charge in [-0.1, -0.05) is 212 Å². The molecule has 7 aliphatic rings. The second kappa shape index (κ2) is 40.0. The van der Waals surface area contributed by atoms with Gasteiger partial charge in [-0.3, -0.25) is 48.5 Å². The van der Waals surface area contributed by atoms with Crippen LogP contribution in [0.25, 0.3) is 11.1 Å². The highest BCUT2D eigenvalue weighted by Crippen LogP contribution is 2.54. The van der Waals surface area contributed by atoms with Gasteiger partial charge < -0.3 is 33.4 Å². The first kappa shape index (κ1) is 100. The number of rotatable bonds is 15. The summed E-state index contributed by atoms with van der Waals surface area (Å²) < 4.78 is 120. The molecule has 12 aromatic rings. The van der Waals surface area contributed by atoms with E-state index in [4.69, 9.17) is 38.7 Å². The second-order valence-corrected chi connectivity index (χ2v) is 36.3. The smallest absolute Gasteiger partial charge is 0.405 e. The molecule has 35 heteroatoms. The van der Waals surface area contributed by atoms with Crippen molar-refractivity contribution in [1.29, 1.82) is 21.0 Å². The molecule has 6 heterocycles. The molecule has 25 nitrogen and oxygen atoms in total. The van der Waals surface area contributed by atoms with E-state index in [1.807, 2.05) is 115 Å². The third-order valence-electron chi connectivity index (χ3n) is 26.4. The molecule has 11 aromatic carbocycles. The first-order valence-electron chi connectivity index (χ1n) is 44.8. The molecule has 5 aliphatic heterocycles. The van der Waals surface area contributed by atoms with Gasteiger partial charge in [-0.05, 0) is 203 Å². The summed E-state index contributed by atoms with van der Waals surface area (Å²) in [6.07, 6.45) is -9.94. The maximum atomic E-state index is 14.0. The van der Waals surface area contributed by atoms with Crippen LogP contribution in [0, 0.1) is 57.2 Å². The van der Waals surface area contributed by atoms with Crippen molar-refractivity contribution in [3.8, 4) is 41.2 Å². The summed E-state index contributed by atoms with van der Waals surface area (Å²) in [6, 6.07) is 88.6. The summed E-state index contributed by atoms with van der Waals surface area (Å²) in [4.78, 5) is 97.4. The number of amides is 5. The normalized spacial score (nSPS) is 21.0. The van der Waals surface area contributed by atoms with Gasteiger partial charge in [0.2, 0.25) is 23.7 Å². The molecule has 10 N–H and O–H groups in total. The van der Waals surface area contributed by atoms with Crippen LogP contribution in [0.2, 0.25) is 0 Å². The van der Waals surface area contributed by atoms with E-state index in [2.05, 4.69) is 44.0 Å². The van der Waals surface area contributed by atoms with Gasteiger partial charge in [-0.25, -0.2) is 25.0 Å². The molecule has 2 aliphatic carbocycles. The largest absolute Gasteiger partial charge is 0.573 e. The number of para-hydroxylation sites is 1. The molecule has 1 fully saturated rings. The number of aryl methyl sites for hydroxylation is 1. The Kier molecular flexibility index (Phi) is 28.1. The third kappa shape index (κ3) is 19.9. The number of nitrogens with two attached hydrogens (primary N) is 5. The van der Waals surface area contributed by atoms with Gasteiger partial charge in [0, 0.05) is 31.6 Å². The summed E-state index contributed by atoms with van der Waals surface area (Å²) >= 11 is 1.53. The van der Waals surface area contributed by atoms with Crippen LogP contribution in [0.1, 0.15) is 157 Å². The Morgan fingerprint density at radius 1 is 0.406 bits per heavy atom. The van der Waals surface area contributed by atoms with Crippen LogP contribution < -0.4 is 33.4 Å². The molecule has 0 radical (unpaired) electrons. The lowest BCUT2D eigenvalue weighted by Crippen LogP contribution is -2.54. The van der Waals surface area contributed by atoms with E-state index in [9.17, 15) is 84.5 Å². The van der Waals surface area contributed by atoms with Crippen LogP contribution in [-0.4, -0.2) is 111 Å². The van der Waals surface area contributed by atoms with Gasteiger partial charge >= 0.3 is 18.7 Å². The SMILES string of the molecule is CN1C(=O)[C@@H](C2CC2)[C@@](C)(c2cc(-c3cc(C#N)cc(C#N)c3)cs2)N=C1N.CN1C(=O)[C@@H](c2ccc(C(F)(F)F)cc2)[C@@](C)(c2cccc(C#N)c2)N=C1N.CN1C(=O)[C@H](c2ccc(C(F)(F)F)cc2)[C@@](C)(c2cccc(C#N)c2)N=C1N.NC1=NC(c2ccccc2)(c2ccccc2)C(=O)N1C1CCc2ccccc21.NC1=NC(c2ccccc2)(c2ccccc2)C(=O)N1Cc1ccccc1OC(F)(F)F. The molecule has 0 bridgehead atoms. The van der Waals surface area contributed by atoms with Gasteiger partial charge in [0.15, 0.2) is 34.9 Å². The Hall–Kier alpha value is -17.1. The topological polar surface area (TPSA) is 398 Å². The summed E-state index contributed by atoms with van der Waals surface area (Å²) in [6.45, 7) is 5.13. The average Bonchev–Trinajstić information content (AvgIpc) is 1.57. The Morgan fingerprint density at radius 3 is 1.24 bits per heavy atom. The predicted molar refractivity (Wildman–Crippen MR) is 520 cm³/mol. The first-order chi connectivity index (χ1) is 68.0. The number of carbonyl (C=O) groups is 5. The molecule has 0 saturated heterocycles. The molecule has 0 spiro atoms. The Labute approximate surface area is 821 Å². The number of guanidine groups is 5. The van der Waals surface area contributed by atoms with Crippen LogP contribution in [0.5, 0.6) is 5.75 Å². The molecular weight excluding hydrogens is 1860 g/mol. The third-order valence-corrected chi connectivity index (χ3v) is 27.6. The number of fused-ring (bicyclic) bond motifs is 1. The van der Waals surface area contributed by atoms with E-state index < -0.39 is 92.8 Å². The lowest BCUT2D eigenvalue weighted by atomic mass is 9.74. The number of carbonyl (C=O) groups excluding carboxylic acids is 5. The minimum Gasteiger partial charge on any atom is -0.405 e. The van der Waals surface area contributed by atoms with E-state index in [0.717, 1.165) is 77.1 Å². The lowest BCUT2D eigenvalue weighted by Gasteiger charge is -2.41. The van der Waals surface area contributed by atoms with Crippen LogP contribution in [0.4, 0.5) is 39.5 Å². The first-order valence-corrected chi connectivity index (χ1v) is 45.7. The van der Waals surface area contributed by atoms with Crippen molar-refractivity contribution in [2.75, 3.05) is 21.1 Å². The van der Waals surface area contributed by atoms with E-state index >= 15 is 0 Å². The van der Waals surface area contributed by atoms with Crippen LogP contribution in [0.15, 0.2) is 322 Å². The number of nitriles is 4.